The second-order valence-electron chi connectivity index (χ2n) is 10.8. The summed E-state index contributed by atoms with van der Waals surface area (Å²) in [7, 11) is 0. The van der Waals surface area contributed by atoms with E-state index >= 15 is 0 Å². The average Bonchev–Trinajstić information content (AvgIpc) is 3.66. The molecule has 4 aromatic carbocycles. The molecule has 0 radical (unpaired) electrons. The van der Waals surface area contributed by atoms with Gasteiger partial charge in [0.2, 0.25) is 0 Å². The van der Waals surface area contributed by atoms with Gasteiger partial charge >= 0.3 is 0 Å². The molecule has 2 aliphatic heterocycles. The van der Waals surface area contributed by atoms with Gasteiger partial charge in [0.25, 0.3) is 0 Å². The van der Waals surface area contributed by atoms with E-state index in [-0.39, 0.29) is 24.0 Å². The van der Waals surface area contributed by atoms with Crippen molar-refractivity contribution in [1.82, 2.24) is 4.57 Å². The lowest BCUT2D eigenvalue weighted by Gasteiger charge is -2.28. The maximum atomic E-state index is 6.78. The zero-order valence-electron chi connectivity index (χ0n) is 21.2. The highest BCUT2D eigenvalue weighted by molar-refractivity contribution is 6.09. The lowest BCUT2D eigenvalue weighted by atomic mass is 9.79. The minimum atomic E-state index is -0.0655. The molecule has 4 aliphatic rings. The molecule has 4 atom stereocenters. The summed E-state index contributed by atoms with van der Waals surface area (Å²) < 4.78 is 15.4. The molecule has 4 unspecified atom stereocenters. The van der Waals surface area contributed by atoms with E-state index in [1.54, 1.807) is 0 Å². The van der Waals surface area contributed by atoms with E-state index in [1.165, 1.54) is 49.8 Å². The van der Waals surface area contributed by atoms with E-state index in [2.05, 4.69) is 126 Å². The molecule has 0 fully saturated rings. The molecule has 0 amide bonds. The predicted octanol–water partition coefficient (Wildman–Crippen LogP) is 8.16. The van der Waals surface area contributed by atoms with Crippen LogP contribution < -0.4 is 9.47 Å². The summed E-state index contributed by atoms with van der Waals surface area (Å²) in [5.41, 5.74) is 8.58. The van der Waals surface area contributed by atoms with Crippen LogP contribution in [-0.2, 0) is 0 Å². The molecule has 0 bridgehead atoms. The number of hydrogen-bond donors (Lipinski definition) is 0. The second-order valence-corrected chi connectivity index (χ2v) is 10.8. The van der Waals surface area contributed by atoms with Crippen LogP contribution in [0.15, 0.2) is 133 Å². The van der Waals surface area contributed by atoms with Crippen LogP contribution in [0.4, 0.5) is 0 Å². The molecule has 0 N–H and O–H groups in total. The topological polar surface area (TPSA) is 23.4 Å². The summed E-state index contributed by atoms with van der Waals surface area (Å²) in [4.78, 5) is 0. The SMILES string of the molecule is C1=CC(C2=CC3c4ccccc4OC3C=C2)C2Oc3cccc(-n4c5ccccc5c5ccccc54)c3C2=C1. The Morgan fingerprint density at radius 2 is 1.38 bits per heavy atom. The molecular formula is C36H25NO2. The standard InChI is InChI=1S/C36H25NO2/c1-4-14-29-24(9-1)25-10-2-5-15-30(25)37(29)31-16-8-18-34-35(31)27-13-7-12-23(36(27)39-34)22-19-20-33-28(21-22)26-11-3-6-17-32(26)38-33/h1-21,23,28,33,36H. The average molecular weight is 504 g/mol. The molecule has 0 saturated carbocycles. The van der Waals surface area contributed by atoms with Gasteiger partial charge in [-0.05, 0) is 42.0 Å². The van der Waals surface area contributed by atoms with Crippen molar-refractivity contribution in [2.45, 2.75) is 18.1 Å². The Kier molecular flexibility index (Phi) is 4.28. The van der Waals surface area contributed by atoms with Gasteiger partial charge in [-0.25, -0.2) is 0 Å². The van der Waals surface area contributed by atoms with Crippen molar-refractivity contribution in [2.24, 2.45) is 5.92 Å². The van der Waals surface area contributed by atoms with Crippen LogP contribution in [0.2, 0.25) is 0 Å². The summed E-state index contributed by atoms with van der Waals surface area (Å²) in [5.74, 6) is 2.32. The van der Waals surface area contributed by atoms with Crippen LogP contribution in [0.3, 0.4) is 0 Å². The second kappa shape index (κ2) is 7.87. The highest BCUT2D eigenvalue weighted by Crippen LogP contribution is 2.50. The van der Waals surface area contributed by atoms with Crippen molar-refractivity contribution in [3.63, 3.8) is 0 Å². The quantitative estimate of drug-likeness (QED) is 0.243. The van der Waals surface area contributed by atoms with Crippen LogP contribution >= 0.6 is 0 Å². The maximum absolute atomic E-state index is 6.78. The van der Waals surface area contributed by atoms with Crippen molar-refractivity contribution in [1.29, 1.82) is 0 Å². The Balaban J connectivity index is 1.17. The fourth-order valence-electron chi connectivity index (χ4n) is 7.02. The Hall–Kier alpha value is -4.76. The largest absolute Gasteiger partial charge is 0.485 e. The zero-order valence-corrected chi connectivity index (χ0v) is 21.2. The first-order valence-corrected chi connectivity index (χ1v) is 13.7. The molecule has 39 heavy (non-hydrogen) atoms. The summed E-state index contributed by atoms with van der Waals surface area (Å²) >= 11 is 0. The van der Waals surface area contributed by atoms with Crippen molar-refractivity contribution < 1.29 is 9.47 Å². The van der Waals surface area contributed by atoms with Crippen molar-refractivity contribution in [3.8, 4) is 17.2 Å². The molecule has 0 spiro atoms. The van der Waals surface area contributed by atoms with Crippen molar-refractivity contribution in [2.75, 3.05) is 0 Å². The predicted molar refractivity (Wildman–Crippen MR) is 157 cm³/mol. The fourth-order valence-corrected chi connectivity index (χ4v) is 7.02. The number of benzene rings is 4. The van der Waals surface area contributed by atoms with Gasteiger partial charge in [-0.15, -0.1) is 0 Å². The first-order valence-electron chi connectivity index (χ1n) is 13.7. The van der Waals surface area contributed by atoms with E-state index in [4.69, 9.17) is 9.47 Å². The van der Waals surface area contributed by atoms with Gasteiger partial charge in [0, 0.05) is 39.3 Å². The Morgan fingerprint density at radius 1 is 0.641 bits per heavy atom. The van der Waals surface area contributed by atoms with Gasteiger partial charge in [-0.3, -0.25) is 0 Å². The van der Waals surface area contributed by atoms with E-state index in [1.807, 2.05) is 6.07 Å². The van der Waals surface area contributed by atoms with Gasteiger partial charge in [-0.2, -0.15) is 0 Å². The third-order valence-electron chi connectivity index (χ3n) is 8.73. The number of hydrogen-bond acceptors (Lipinski definition) is 2. The molecule has 0 saturated heterocycles. The van der Waals surface area contributed by atoms with Crippen LogP contribution in [0.25, 0.3) is 33.1 Å². The summed E-state index contributed by atoms with van der Waals surface area (Å²) in [6, 6.07) is 32.2. The molecular weight excluding hydrogens is 478 g/mol. The maximum Gasteiger partial charge on any atom is 0.135 e. The molecule has 5 aromatic rings. The third kappa shape index (κ3) is 2.93. The summed E-state index contributed by atoms with van der Waals surface area (Å²) in [6.45, 7) is 0. The Labute approximate surface area is 226 Å². The monoisotopic (exact) mass is 503 g/mol. The number of ether oxygens (including phenoxy) is 2. The van der Waals surface area contributed by atoms with Crippen LogP contribution in [0.5, 0.6) is 11.5 Å². The Bertz CT molecular complexity index is 1900. The fraction of sp³-hybridized carbons (Fsp3) is 0.111. The Morgan fingerprint density at radius 3 is 2.23 bits per heavy atom. The van der Waals surface area contributed by atoms with E-state index in [0.29, 0.717) is 0 Å². The third-order valence-corrected chi connectivity index (χ3v) is 8.73. The number of allylic oxidation sites excluding steroid dienone is 3. The molecule has 9 rings (SSSR count). The first-order chi connectivity index (χ1) is 19.3. The molecule has 2 aliphatic carbocycles. The number of nitrogens with zero attached hydrogens (tertiary/aromatic N) is 1. The zero-order chi connectivity index (χ0) is 25.5. The molecule has 186 valence electrons. The minimum Gasteiger partial charge on any atom is -0.485 e. The lowest BCUT2D eigenvalue weighted by Crippen LogP contribution is -2.28. The molecule has 3 nitrogen and oxygen atoms in total. The van der Waals surface area contributed by atoms with E-state index in [0.717, 1.165) is 11.5 Å². The van der Waals surface area contributed by atoms with Crippen molar-refractivity contribution in [3.05, 3.63) is 144 Å². The van der Waals surface area contributed by atoms with Crippen molar-refractivity contribution >= 4 is 27.4 Å². The lowest BCUT2D eigenvalue weighted by molar-refractivity contribution is 0.240. The first kappa shape index (κ1) is 21.2. The van der Waals surface area contributed by atoms with Crippen LogP contribution in [-0.4, -0.2) is 16.8 Å². The number of aromatic nitrogens is 1. The van der Waals surface area contributed by atoms with E-state index in [9.17, 15) is 0 Å². The highest BCUT2D eigenvalue weighted by atomic mass is 16.5. The van der Waals surface area contributed by atoms with Gasteiger partial charge in [-0.1, -0.05) is 91.0 Å². The minimum absolute atomic E-state index is 0.0655. The summed E-state index contributed by atoms with van der Waals surface area (Å²) in [5, 5.41) is 2.53. The van der Waals surface area contributed by atoms with Gasteiger partial charge in [0.1, 0.15) is 23.7 Å². The molecule has 3 heterocycles. The summed E-state index contributed by atoms with van der Waals surface area (Å²) in [6.07, 6.45) is 13.6. The number of fused-ring (bicyclic) bond motifs is 9. The van der Waals surface area contributed by atoms with Gasteiger partial charge in [0.05, 0.1) is 16.7 Å². The normalized spacial score (nSPS) is 23.9. The van der Waals surface area contributed by atoms with Crippen LogP contribution in [0, 0.1) is 5.92 Å². The van der Waals surface area contributed by atoms with Gasteiger partial charge < -0.3 is 14.0 Å². The molecule has 3 heteroatoms. The van der Waals surface area contributed by atoms with Gasteiger partial charge in [0.15, 0.2) is 0 Å². The molecule has 1 aromatic heterocycles. The smallest absolute Gasteiger partial charge is 0.135 e. The number of rotatable bonds is 2. The van der Waals surface area contributed by atoms with Crippen LogP contribution in [0.1, 0.15) is 17.0 Å². The highest BCUT2D eigenvalue weighted by Gasteiger charge is 2.41. The van der Waals surface area contributed by atoms with E-state index < -0.39 is 0 Å². The number of para-hydroxylation sites is 3.